The third-order valence-electron chi connectivity index (χ3n) is 3.53. The second kappa shape index (κ2) is 6.78. The number of hydrogen-bond acceptors (Lipinski definition) is 6. The van der Waals surface area contributed by atoms with Crippen LogP contribution in [-0.4, -0.2) is 28.2 Å². The Morgan fingerprint density at radius 1 is 1.16 bits per heavy atom. The number of benzene rings is 2. The van der Waals surface area contributed by atoms with Crippen molar-refractivity contribution >= 4 is 40.3 Å². The van der Waals surface area contributed by atoms with Gasteiger partial charge in [-0.2, -0.15) is 4.99 Å². The number of carbonyl (C=O) groups is 1. The molecule has 0 bridgehead atoms. The van der Waals surface area contributed by atoms with Crippen molar-refractivity contribution in [3.05, 3.63) is 69.1 Å². The van der Waals surface area contributed by atoms with Crippen LogP contribution in [-0.2, 0) is 4.79 Å². The van der Waals surface area contributed by atoms with E-state index in [1.165, 1.54) is 23.9 Å². The Balaban J connectivity index is 1.77. The van der Waals surface area contributed by atoms with E-state index in [1.54, 1.807) is 54.4 Å². The number of aliphatic imine (C=N–C) groups is 1. The Morgan fingerprint density at radius 3 is 2.40 bits per heavy atom. The Morgan fingerprint density at radius 2 is 1.80 bits per heavy atom. The van der Waals surface area contributed by atoms with Crippen LogP contribution in [0.5, 0.6) is 5.75 Å². The van der Waals surface area contributed by atoms with Crippen LogP contribution in [0.3, 0.4) is 0 Å². The zero-order chi connectivity index (χ0) is 18.0. The average Bonchev–Trinajstić information content (AvgIpc) is 2.96. The van der Waals surface area contributed by atoms with E-state index in [4.69, 9.17) is 0 Å². The maximum atomic E-state index is 12.1. The molecule has 0 radical (unpaired) electrons. The molecule has 3 rings (SSSR count). The van der Waals surface area contributed by atoms with Crippen molar-refractivity contribution in [1.82, 2.24) is 0 Å². The molecule has 2 aromatic carbocycles. The highest BCUT2D eigenvalue weighted by atomic mass is 32.2. The first-order valence-corrected chi connectivity index (χ1v) is 8.05. The first kappa shape index (κ1) is 16.7. The molecule has 0 aromatic heterocycles. The van der Waals surface area contributed by atoms with Crippen molar-refractivity contribution in [2.75, 3.05) is 11.9 Å². The number of nitro groups is 1. The maximum Gasteiger partial charge on any atom is 0.286 e. The van der Waals surface area contributed by atoms with Crippen molar-refractivity contribution in [1.29, 1.82) is 0 Å². The number of non-ortho nitro benzene ring substituents is 1. The van der Waals surface area contributed by atoms with Gasteiger partial charge in [-0.1, -0.05) is 0 Å². The predicted octanol–water partition coefficient (Wildman–Crippen LogP) is 3.41. The van der Waals surface area contributed by atoms with Gasteiger partial charge in [-0.3, -0.25) is 14.9 Å². The van der Waals surface area contributed by atoms with Crippen LogP contribution in [0.4, 0.5) is 11.4 Å². The number of nitro benzene ring substituents is 1. The number of hydrogen-bond donors (Lipinski definition) is 1. The molecule has 2 aromatic rings. The zero-order valence-electron chi connectivity index (χ0n) is 13.1. The minimum absolute atomic E-state index is 0.00319. The SMILES string of the molecule is CN(C1=NC(=O)/C(=C/c2ccc([N+](=O)[O-])cc2)S1)c1ccc(O)cc1. The molecule has 1 N–H and O–H groups in total. The molecule has 1 heterocycles. The normalized spacial score (nSPS) is 15.3. The minimum Gasteiger partial charge on any atom is -0.508 e. The molecular formula is C17H13N3O4S. The van der Waals surface area contributed by atoms with Gasteiger partial charge < -0.3 is 10.0 Å². The van der Waals surface area contributed by atoms with Crippen LogP contribution in [0, 0.1) is 10.1 Å². The Hall–Kier alpha value is -3.13. The first-order chi connectivity index (χ1) is 11.9. The van der Waals surface area contributed by atoms with E-state index < -0.39 is 4.92 Å². The van der Waals surface area contributed by atoms with E-state index in [2.05, 4.69) is 4.99 Å². The number of rotatable bonds is 3. The molecule has 1 aliphatic heterocycles. The maximum absolute atomic E-state index is 12.1. The zero-order valence-corrected chi connectivity index (χ0v) is 13.9. The van der Waals surface area contributed by atoms with Crippen LogP contribution < -0.4 is 4.90 Å². The van der Waals surface area contributed by atoms with Crippen molar-refractivity contribution < 1.29 is 14.8 Å². The fraction of sp³-hybridized carbons (Fsp3) is 0.0588. The highest BCUT2D eigenvalue weighted by Gasteiger charge is 2.25. The molecule has 0 atom stereocenters. The van der Waals surface area contributed by atoms with Gasteiger partial charge in [-0.05, 0) is 59.8 Å². The molecular weight excluding hydrogens is 342 g/mol. The lowest BCUT2D eigenvalue weighted by molar-refractivity contribution is -0.384. The fourth-order valence-electron chi connectivity index (χ4n) is 2.17. The summed E-state index contributed by atoms with van der Waals surface area (Å²) < 4.78 is 0. The number of carbonyl (C=O) groups excluding carboxylic acids is 1. The number of thioether (sulfide) groups is 1. The molecule has 7 nitrogen and oxygen atoms in total. The number of phenols is 1. The summed E-state index contributed by atoms with van der Waals surface area (Å²) in [5.74, 6) is -0.197. The van der Waals surface area contributed by atoms with E-state index in [1.807, 2.05) is 0 Å². The third-order valence-corrected chi connectivity index (χ3v) is 4.59. The smallest absolute Gasteiger partial charge is 0.286 e. The summed E-state index contributed by atoms with van der Waals surface area (Å²) in [5.41, 5.74) is 1.47. The first-order valence-electron chi connectivity index (χ1n) is 7.24. The highest BCUT2D eigenvalue weighted by Crippen LogP contribution is 2.32. The Kier molecular flexibility index (Phi) is 4.53. The minimum atomic E-state index is -0.472. The van der Waals surface area contributed by atoms with Gasteiger partial charge in [0.2, 0.25) is 0 Å². The lowest BCUT2D eigenvalue weighted by Gasteiger charge is -2.17. The van der Waals surface area contributed by atoms with Crippen LogP contribution in [0.15, 0.2) is 58.4 Å². The van der Waals surface area contributed by atoms with Crippen LogP contribution in [0.25, 0.3) is 6.08 Å². The average molecular weight is 355 g/mol. The van der Waals surface area contributed by atoms with Gasteiger partial charge in [0.1, 0.15) is 5.75 Å². The summed E-state index contributed by atoms with van der Waals surface area (Å²) in [6.45, 7) is 0. The van der Waals surface area contributed by atoms with E-state index in [9.17, 15) is 20.0 Å². The molecule has 0 saturated heterocycles. The van der Waals surface area contributed by atoms with E-state index >= 15 is 0 Å². The third kappa shape index (κ3) is 3.69. The van der Waals surface area contributed by atoms with E-state index in [-0.39, 0.29) is 17.3 Å². The standard InChI is InChI=1S/C17H13N3O4S/c1-19(12-6-8-14(21)9-7-12)17-18-16(22)15(25-17)10-11-2-4-13(5-3-11)20(23)24/h2-10,21H,1H3/b15-10-. The number of phenolic OH excluding ortho intramolecular Hbond substituents is 1. The summed E-state index contributed by atoms with van der Waals surface area (Å²) in [7, 11) is 1.78. The topological polar surface area (TPSA) is 96.0 Å². The summed E-state index contributed by atoms with van der Waals surface area (Å²) in [6, 6.07) is 12.5. The van der Waals surface area contributed by atoms with Gasteiger partial charge >= 0.3 is 0 Å². The molecule has 0 fully saturated rings. The van der Waals surface area contributed by atoms with Crippen molar-refractivity contribution in [2.24, 2.45) is 4.99 Å². The van der Waals surface area contributed by atoms with Gasteiger partial charge in [-0.25, -0.2) is 0 Å². The second-order valence-corrected chi connectivity index (χ2v) is 6.24. The molecule has 25 heavy (non-hydrogen) atoms. The van der Waals surface area contributed by atoms with E-state index in [0.717, 1.165) is 5.69 Å². The number of aromatic hydroxyl groups is 1. The molecule has 0 unspecified atom stereocenters. The molecule has 1 aliphatic rings. The van der Waals surface area contributed by atoms with Crippen molar-refractivity contribution in [2.45, 2.75) is 0 Å². The van der Waals surface area contributed by atoms with Gasteiger partial charge in [0, 0.05) is 24.9 Å². The fourth-order valence-corrected chi connectivity index (χ4v) is 3.07. The molecule has 0 saturated carbocycles. The molecule has 0 spiro atoms. The summed E-state index contributed by atoms with van der Waals surface area (Å²) >= 11 is 1.22. The van der Waals surface area contributed by atoms with Crippen molar-refractivity contribution in [3.8, 4) is 5.75 Å². The molecule has 1 amide bonds. The largest absolute Gasteiger partial charge is 0.508 e. The molecule has 126 valence electrons. The Labute approximate surface area is 147 Å². The number of amidine groups is 1. The van der Waals surface area contributed by atoms with Gasteiger partial charge in [-0.15, -0.1) is 0 Å². The summed E-state index contributed by atoms with van der Waals surface area (Å²) in [4.78, 5) is 28.5. The Bertz CT molecular complexity index is 889. The second-order valence-electron chi connectivity index (χ2n) is 5.23. The van der Waals surface area contributed by atoms with Gasteiger partial charge in [0.25, 0.3) is 11.6 Å². The summed E-state index contributed by atoms with van der Waals surface area (Å²) in [5, 5.41) is 20.5. The summed E-state index contributed by atoms with van der Waals surface area (Å²) in [6.07, 6.45) is 1.65. The van der Waals surface area contributed by atoms with Gasteiger partial charge in [0.15, 0.2) is 5.17 Å². The van der Waals surface area contributed by atoms with Crippen LogP contribution in [0.2, 0.25) is 0 Å². The predicted molar refractivity (Wildman–Crippen MR) is 97.6 cm³/mol. The van der Waals surface area contributed by atoms with Gasteiger partial charge in [0.05, 0.1) is 9.83 Å². The number of amides is 1. The number of nitrogens with zero attached hydrogens (tertiary/aromatic N) is 3. The lowest BCUT2D eigenvalue weighted by Crippen LogP contribution is -2.21. The van der Waals surface area contributed by atoms with Crippen LogP contribution >= 0.6 is 11.8 Å². The monoisotopic (exact) mass is 355 g/mol. The number of anilines is 1. The van der Waals surface area contributed by atoms with Crippen molar-refractivity contribution in [3.63, 3.8) is 0 Å². The highest BCUT2D eigenvalue weighted by molar-refractivity contribution is 8.18. The quantitative estimate of drug-likeness (QED) is 0.515. The molecule has 0 aliphatic carbocycles. The van der Waals surface area contributed by atoms with E-state index in [0.29, 0.717) is 15.6 Å². The van der Waals surface area contributed by atoms with Crippen LogP contribution in [0.1, 0.15) is 5.56 Å². The molecule has 8 heteroatoms. The lowest BCUT2D eigenvalue weighted by atomic mass is 10.2.